The van der Waals surface area contributed by atoms with Gasteiger partial charge in [-0.15, -0.1) is 0 Å². The Balaban J connectivity index is 1.40. The van der Waals surface area contributed by atoms with E-state index >= 15 is 0 Å². The Morgan fingerprint density at radius 1 is 1.18 bits per heavy atom. The van der Waals surface area contributed by atoms with Gasteiger partial charge in [-0.25, -0.2) is 4.21 Å². The van der Waals surface area contributed by atoms with Crippen molar-refractivity contribution in [1.29, 1.82) is 0 Å². The Morgan fingerprint density at radius 3 is 2.80 bits per heavy atom. The quantitative estimate of drug-likeness (QED) is 0.359. The van der Waals surface area contributed by atoms with Crippen molar-refractivity contribution in [3.05, 3.63) is 70.3 Å². The van der Waals surface area contributed by atoms with E-state index in [1.807, 2.05) is 31.2 Å². The lowest BCUT2D eigenvalue weighted by Crippen LogP contribution is -2.49. The van der Waals surface area contributed by atoms with Gasteiger partial charge in [0, 0.05) is 35.0 Å². The van der Waals surface area contributed by atoms with Crippen LogP contribution < -0.4 is 14.4 Å². The van der Waals surface area contributed by atoms with Gasteiger partial charge in [0.2, 0.25) is 0 Å². The van der Waals surface area contributed by atoms with Gasteiger partial charge in [-0.2, -0.15) is 0 Å². The van der Waals surface area contributed by atoms with Gasteiger partial charge in [0.15, 0.2) is 0 Å². The van der Waals surface area contributed by atoms with E-state index in [1.165, 1.54) is 24.0 Å². The first-order valence-electron chi connectivity index (χ1n) is 16.4. The van der Waals surface area contributed by atoms with Crippen LogP contribution in [0, 0.1) is 23.7 Å². The predicted octanol–water partition coefficient (Wildman–Crippen LogP) is 7.26. The highest BCUT2D eigenvalue weighted by atomic mass is 35.5. The number of allylic oxidation sites excluding steroid dienone is 1. The molecular weight excluding hydrogens is 592 g/mol. The average molecular weight is 639 g/mol. The predicted molar refractivity (Wildman–Crippen MR) is 179 cm³/mol. The van der Waals surface area contributed by atoms with E-state index in [9.17, 15) is 9.00 Å². The van der Waals surface area contributed by atoms with E-state index in [1.54, 1.807) is 0 Å². The lowest BCUT2D eigenvalue weighted by atomic mass is 9.66. The number of fused-ring (bicyclic) bond motifs is 4. The van der Waals surface area contributed by atoms with Crippen LogP contribution >= 0.6 is 11.6 Å². The van der Waals surface area contributed by atoms with Gasteiger partial charge in [0.25, 0.3) is 5.91 Å². The number of carbonyl (C=O) groups excluding carboxylic acids is 1. The number of anilines is 1. The van der Waals surface area contributed by atoms with Crippen molar-refractivity contribution >= 4 is 34.2 Å². The van der Waals surface area contributed by atoms with E-state index in [0.29, 0.717) is 36.5 Å². The number of ether oxygens (including phenoxy) is 2. The molecule has 8 heteroatoms. The Kier molecular flexibility index (Phi) is 9.47. The molecule has 2 aromatic rings. The summed E-state index contributed by atoms with van der Waals surface area (Å²) in [4.78, 5) is 15.9. The fourth-order valence-electron chi connectivity index (χ4n) is 7.66. The molecule has 0 saturated heterocycles. The van der Waals surface area contributed by atoms with Crippen LogP contribution in [0.5, 0.6) is 5.75 Å². The van der Waals surface area contributed by atoms with Crippen LogP contribution in [0.25, 0.3) is 0 Å². The van der Waals surface area contributed by atoms with Gasteiger partial charge >= 0.3 is 0 Å². The topological polar surface area (TPSA) is 67.9 Å². The summed E-state index contributed by atoms with van der Waals surface area (Å²) in [7, 11) is -1.50. The highest BCUT2D eigenvalue weighted by molar-refractivity contribution is 7.84. The van der Waals surface area contributed by atoms with E-state index in [2.05, 4.69) is 54.7 Å². The molecule has 1 amide bonds. The molecule has 2 aliphatic carbocycles. The second-order valence-electron chi connectivity index (χ2n) is 13.9. The SMILES string of the molecule is CC(C)OCC1/C=C/CC(C)C(C)S(=O)NC(=O)c2ccc3c(c2)N(CC2CCC12)C[C@@]1(CCCc2cc(Cl)ccc21)CO3. The fraction of sp³-hybridized carbons (Fsp3) is 0.583. The Bertz CT molecular complexity index is 1430. The molecule has 7 atom stereocenters. The van der Waals surface area contributed by atoms with E-state index < -0.39 is 11.0 Å². The number of aryl methyl sites for hydroxylation is 1. The Hall–Kier alpha value is -2.35. The minimum atomic E-state index is -1.50. The van der Waals surface area contributed by atoms with Crippen molar-refractivity contribution in [3.63, 3.8) is 0 Å². The van der Waals surface area contributed by atoms with Gasteiger partial charge in [0.1, 0.15) is 16.7 Å². The lowest BCUT2D eigenvalue weighted by Gasteiger charge is -2.46. The smallest absolute Gasteiger partial charge is 0.263 e. The minimum Gasteiger partial charge on any atom is -0.490 e. The van der Waals surface area contributed by atoms with Crippen molar-refractivity contribution in [2.24, 2.45) is 23.7 Å². The van der Waals surface area contributed by atoms with Crippen molar-refractivity contribution in [2.45, 2.75) is 83.0 Å². The van der Waals surface area contributed by atoms with Gasteiger partial charge in [-0.3, -0.25) is 9.52 Å². The van der Waals surface area contributed by atoms with E-state index in [-0.39, 0.29) is 28.6 Å². The molecule has 0 aromatic heterocycles. The number of hydrogen-bond donors (Lipinski definition) is 1. The summed E-state index contributed by atoms with van der Waals surface area (Å²) in [5.74, 6) is 2.01. The van der Waals surface area contributed by atoms with Gasteiger partial charge in [0.05, 0.1) is 30.3 Å². The molecule has 4 aliphatic rings. The van der Waals surface area contributed by atoms with Crippen LogP contribution in [0.15, 0.2) is 48.6 Å². The van der Waals surface area contributed by atoms with E-state index in [4.69, 9.17) is 21.1 Å². The normalized spacial score (nSPS) is 33.0. The summed E-state index contributed by atoms with van der Waals surface area (Å²) in [6, 6.07) is 12.0. The third-order valence-corrected chi connectivity index (χ3v) is 12.4. The van der Waals surface area contributed by atoms with Crippen LogP contribution in [0.2, 0.25) is 5.02 Å². The molecule has 6 unspecified atom stereocenters. The molecule has 6 nitrogen and oxygen atoms in total. The zero-order valence-corrected chi connectivity index (χ0v) is 28.1. The zero-order valence-electron chi connectivity index (χ0n) is 26.5. The molecule has 2 bridgehead atoms. The first-order chi connectivity index (χ1) is 21.1. The molecule has 2 aliphatic heterocycles. The number of rotatable bonds is 3. The maximum atomic E-state index is 13.4. The molecule has 6 rings (SSSR count). The van der Waals surface area contributed by atoms with E-state index in [0.717, 1.165) is 55.2 Å². The molecule has 2 heterocycles. The van der Waals surface area contributed by atoms with Crippen LogP contribution in [-0.4, -0.2) is 47.8 Å². The number of nitrogens with zero attached hydrogens (tertiary/aromatic N) is 1. The fourth-order valence-corrected chi connectivity index (χ4v) is 8.88. The van der Waals surface area contributed by atoms with Crippen molar-refractivity contribution in [1.82, 2.24) is 4.72 Å². The summed E-state index contributed by atoms with van der Waals surface area (Å²) in [6.07, 6.45) is 11.1. The molecule has 44 heavy (non-hydrogen) atoms. The maximum Gasteiger partial charge on any atom is 0.263 e. The van der Waals surface area contributed by atoms with Crippen LogP contribution in [-0.2, 0) is 27.6 Å². The van der Waals surface area contributed by atoms with Crippen molar-refractivity contribution < 1.29 is 18.5 Å². The van der Waals surface area contributed by atoms with Crippen LogP contribution in [0.4, 0.5) is 5.69 Å². The lowest BCUT2D eigenvalue weighted by molar-refractivity contribution is 0.0165. The number of nitrogens with one attached hydrogen (secondary N) is 1. The molecule has 1 N–H and O–H groups in total. The van der Waals surface area contributed by atoms with Gasteiger partial charge < -0.3 is 14.4 Å². The molecular formula is C36H47ClN2O4S. The molecule has 238 valence electrons. The zero-order chi connectivity index (χ0) is 31.0. The Labute approximate surface area is 270 Å². The van der Waals surface area contributed by atoms with Gasteiger partial charge in [-0.1, -0.05) is 36.7 Å². The molecule has 0 radical (unpaired) electrons. The largest absolute Gasteiger partial charge is 0.490 e. The maximum absolute atomic E-state index is 13.4. The number of amides is 1. The second-order valence-corrected chi connectivity index (χ2v) is 15.9. The first kappa shape index (κ1) is 31.6. The molecule has 1 spiro atoms. The highest BCUT2D eigenvalue weighted by Crippen LogP contribution is 2.47. The monoisotopic (exact) mass is 638 g/mol. The number of hydrogen-bond acceptors (Lipinski definition) is 5. The summed E-state index contributed by atoms with van der Waals surface area (Å²) >= 11 is 6.45. The first-order valence-corrected chi connectivity index (χ1v) is 18.0. The molecule has 2 aromatic carbocycles. The second kappa shape index (κ2) is 13.2. The van der Waals surface area contributed by atoms with Crippen molar-refractivity contribution in [3.8, 4) is 5.75 Å². The molecule has 1 fully saturated rings. The summed E-state index contributed by atoms with van der Waals surface area (Å²) in [6.45, 7) is 11.3. The summed E-state index contributed by atoms with van der Waals surface area (Å²) < 4.78 is 28.9. The summed E-state index contributed by atoms with van der Waals surface area (Å²) in [5, 5.41) is 0.596. The third kappa shape index (κ3) is 6.47. The van der Waals surface area contributed by atoms with Gasteiger partial charge in [-0.05, 0) is 119 Å². The van der Waals surface area contributed by atoms with Crippen LogP contribution in [0.1, 0.15) is 81.3 Å². The standard InChI is InChI=1S/C36H47ClN2O4S/c1-23(2)42-20-29-8-5-7-24(3)25(4)44(41)38-35(40)27-11-15-34-33(18-27)39(19-28-10-13-31(28)29)21-36(22-43-34)16-6-9-26-17-30(37)12-14-32(26)36/h5,8,11-12,14-15,17-18,23-25,28-29,31H,6-7,9-10,13,16,19-22H2,1-4H3,(H,38,40)/b8-5+/t24?,25?,28?,29?,31?,36-,44?/m0/s1. The third-order valence-electron chi connectivity index (χ3n) is 10.6. The summed E-state index contributed by atoms with van der Waals surface area (Å²) in [5.41, 5.74) is 3.94. The average Bonchev–Trinajstić information content (AvgIpc) is 3.13. The van der Waals surface area contributed by atoms with Crippen LogP contribution in [0.3, 0.4) is 0 Å². The van der Waals surface area contributed by atoms with Crippen molar-refractivity contribution in [2.75, 3.05) is 31.2 Å². The number of carbonyl (C=O) groups is 1. The minimum absolute atomic E-state index is 0.157. The highest BCUT2D eigenvalue weighted by Gasteiger charge is 2.44. The number of halogens is 1. The molecule has 1 saturated carbocycles. The number of benzene rings is 2. The Morgan fingerprint density at radius 2 is 2.02 bits per heavy atom.